The second-order valence-electron chi connectivity index (χ2n) is 5.41. The molecule has 1 aliphatic rings. The van der Waals surface area contributed by atoms with Crippen LogP contribution in [0.25, 0.3) is 0 Å². The fourth-order valence-corrected chi connectivity index (χ4v) is 3.15. The minimum absolute atomic E-state index is 0.0256. The van der Waals surface area contributed by atoms with Crippen LogP contribution in [-0.4, -0.2) is 35.1 Å². The summed E-state index contributed by atoms with van der Waals surface area (Å²) in [4.78, 5) is 14.3. The molecule has 2 rings (SSSR count). The van der Waals surface area contributed by atoms with Crippen molar-refractivity contribution in [2.45, 2.75) is 44.6 Å². The molecule has 1 aromatic rings. The average molecular weight is 296 g/mol. The molecule has 0 aliphatic heterocycles. The molecule has 0 unspecified atom stereocenters. The molecule has 0 radical (unpaired) electrons. The molecule has 0 atom stereocenters. The van der Waals surface area contributed by atoms with E-state index < -0.39 is 0 Å². The molecule has 0 aromatic heterocycles. The predicted octanol–water partition coefficient (Wildman–Crippen LogP) is 3.04. The zero-order valence-electron chi connectivity index (χ0n) is 11.7. The van der Waals surface area contributed by atoms with Crippen LogP contribution < -0.4 is 0 Å². The van der Waals surface area contributed by atoms with E-state index in [-0.39, 0.29) is 12.5 Å². The SMILES string of the molecule is O=C(Cc1cccc(Cl)c1)N(CCO)C1CCCCC1. The van der Waals surface area contributed by atoms with Gasteiger partial charge in [0.2, 0.25) is 5.91 Å². The molecule has 1 amide bonds. The summed E-state index contributed by atoms with van der Waals surface area (Å²) in [6.45, 7) is 0.460. The lowest BCUT2D eigenvalue weighted by molar-refractivity contribution is -0.134. The van der Waals surface area contributed by atoms with Crippen LogP contribution in [0.15, 0.2) is 24.3 Å². The highest BCUT2D eigenvalue weighted by Crippen LogP contribution is 2.23. The maximum atomic E-state index is 12.5. The van der Waals surface area contributed by atoms with Crippen molar-refractivity contribution < 1.29 is 9.90 Å². The van der Waals surface area contributed by atoms with Gasteiger partial charge >= 0.3 is 0 Å². The number of benzene rings is 1. The van der Waals surface area contributed by atoms with Gasteiger partial charge in [-0.2, -0.15) is 0 Å². The average Bonchev–Trinajstić information content (AvgIpc) is 2.45. The Kier molecular flexibility index (Phi) is 5.86. The highest BCUT2D eigenvalue weighted by atomic mass is 35.5. The summed E-state index contributed by atoms with van der Waals surface area (Å²) in [5, 5.41) is 9.87. The smallest absolute Gasteiger partial charge is 0.227 e. The monoisotopic (exact) mass is 295 g/mol. The number of aliphatic hydroxyl groups is 1. The molecule has 3 nitrogen and oxygen atoms in total. The molecule has 4 heteroatoms. The van der Waals surface area contributed by atoms with Gasteiger partial charge in [0, 0.05) is 17.6 Å². The molecule has 110 valence electrons. The van der Waals surface area contributed by atoms with Crippen LogP contribution in [0.4, 0.5) is 0 Å². The van der Waals surface area contributed by atoms with E-state index in [1.807, 2.05) is 29.2 Å². The lowest BCUT2D eigenvalue weighted by Crippen LogP contribution is -2.43. The third-order valence-electron chi connectivity index (χ3n) is 3.92. The lowest BCUT2D eigenvalue weighted by Gasteiger charge is -2.34. The maximum Gasteiger partial charge on any atom is 0.227 e. The molecule has 0 spiro atoms. The van der Waals surface area contributed by atoms with Gasteiger partial charge in [-0.05, 0) is 30.5 Å². The standard InChI is InChI=1S/C16H22ClNO2/c17-14-6-4-5-13(11-14)12-16(20)18(9-10-19)15-7-2-1-3-8-15/h4-6,11,15,19H,1-3,7-10,12H2. The minimum atomic E-state index is 0.0256. The zero-order chi connectivity index (χ0) is 14.4. The van der Waals surface area contributed by atoms with Crippen LogP contribution >= 0.6 is 11.6 Å². The van der Waals surface area contributed by atoms with Crippen molar-refractivity contribution in [1.82, 2.24) is 4.90 Å². The van der Waals surface area contributed by atoms with E-state index >= 15 is 0 Å². The van der Waals surface area contributed by atoms with Gasteiger partial charge in [0.15, 0.2) is 0 Å². The fourth-order valence-electron chi connectivity index (χ4n) is 2.93. The lowest BCUT2D eigenvalue weighted by atomic mass is 9.93. The number of nitrogens with zero attached hydrogens (tertiary/aromatic N) is 1. The van der Waals surface area contributed by atoms with Crippen LogP contribution in [0.1, 0.15) is 37.7 Å². The fraction of sp³-hybridized carbons (Fsp3) is 0.562. The van der Waals surface area contributed by atoms with Crippen molar-refractivity contribution in [3.63, 3.8) is 0 Å². The van der Waals surface area contributed by atoms with E-state index in [1.165, 1.54) is 19.3 Å². The normalized spacial score (nSPS) is 16.1. The first-order valence-corrected chi connectivity index (χ1v) is 7.73. The molecule has 1 aliphatic carbocycles. The molecule has 1 aromatic carbocycles. The van der Waals surface area contributed by atoms with Crippen LogP contribution in [0.3, 0.4) is 0 Å². The third kappa shape index (κ3) is 4.22. The summed E-state index contributed by atoms with van der Waals surface area (Å²) in [6, 6.07) is 7.71. The van der Waals surface area contributed by atoms with Crippen LogP contribution in [0.5, 0.6) is 0 Å². The number of hydrogen-bond donors (Lipinski definition) is 1. The topological polar surface area (TPSA) is 40.5 Å². The van der Waals surface area contributed by atoms with Crippen LogP contribution in [0.2, 0.25) is 5.02 Å². The van der Waals surface area contributed by atoms with Gasteiger partial charge < -0.3 is 10.0 Å². The second kappa shape index (κ2) is 7.65. The van der Waals surface area contributed by atoms with Crippen molar-refractivity contribution in [3.8, 4) is 0 Å². The summed E-state index contributed by atoms with van der Waals surface area (Å²) in [6.07, 6.45) is 6.08. The molecule has 1 N–H and O–H groups in total. The number of carbonyl (C=O) groups excluding carboxylic acids is 1. The van der Waals surface area contributed by atoms with Gasteiger partial charge in [0.05, 0.1) is 13.0 Å². The molecular weight excluding hydrogens is 274 g/mol. The maximum absolute atomic E-state index is 12.5. The summed E-state index contributed by atoms with van der Waals surface area (Å²) >= 11 is 5.95. The van der Waals surface area contributed by atoms with E-state index in [1.54, 1.807) is 0 Å². The van der Waals surface area contributed by atoms with Gasteiger partial charge in [0.1, 0.15) is 0 Å². The Morgan fingerprint density at radius 1 is 1.30 bits per heavy atom. The minimum Gasteiger partial charge on any atom is -0.395 e. The number of aliphatic hydroxyl groups excluding tert-OH is 1. The Bertz CT molecular complexity index is 444. The van der Waals surface area contributed by atoms with Gasteiger partial charge in [-0.1, -0.05) is 43.0 Å². The second-order valence-corrected chi connectivity index (χ2v) is 5.85. The van der Waals surface area contributed by atoms with Crippen molar-refractivity contribution in [2.24, 2.45) is 0 Å². The third-order valence-corrected chi connectivity index (χ3v) is 4.16. The number of amides is 1. The Labute approximate surface area is 125 Å². The molecular formula is C16H22ClNO2. The van der Waals surface area contributed by atoms with E-state index in [0.29, 0.717) is 24.0 Å². The van der Waals surface area contributed by atoms with Crippen molar-refractivity contribution in [1.29, 1.82) is 0 Å². The van der Waals surface area contributed by atoms with E-state index in [0.717, 1.165) is 18.4 Å². The van der Waals surface area contributed by atoms with Gasteiger partial charge in [-0.15, -0.1) is 0 Å². The quantitative estimate of drug-likeness (QED) is 0.907. The predicted molar refractivity (Wildman–Crippen MR) is 80.8 cm³/mol. The van der Waals surface area contributed by atoms with Crippen molar-refractivity contribution >= 4 is 17.5 Å². The zero-order valence-corrected chi connectivity index (χ0v) is 12.5. The Morgan fingerprint density at radius 3 is 2.70 bits per heavy atom. The summed E-state index contributed by atoms with van der Waals surface area (Å²) < 4.78 is 0. The van der Waals surface area contributed by atoms with E-state index in [9.17, 15) is 9.90 Å². The highest BCUT2D eigenvalue weighted by molar-refractivity contribution is 6.30. The Hall–Kier alpha value is -1.06. The molecule has 1 saturated carbocycles. The Morgan fingerprint density at radius 2 is 2.05 bits per heavy atom. The molecule has 0 bridgehead atoms. The molecule has 20 heavy (non-hydrogen) atoms. The number of carbonyl (C=O) groups is 1. The Balaban J connectivity index is 2.02. The van der Waals surface area contributed by atoms with E-state index in [4.69, 9.17) is 11.6 Å². The van der Waals surface area contributed by atoms with Gasteiger partial charge in [-0.3, -0.25) is 4.79 Å². The first kappa shape index (κ1) is 15.3. The number of rotatable bonds is 5. The summed E-state index contributed by atoms with van der Waals surface area (Å²) in [7, 11) is 0. The highest BCUT2D eigenvalue weighted by Gasteiger charge is 2.24. The number of halogens is 1. The van der Waals surface area contributed by atoms with Gasteiger partial charge in [0.25, 0.3) is 0 Å². The van der Waals surface area contributed by atoms with Crippen LogP contribution in [0, 0.1) is 0 Å². The molecule has 0 saturated heterocycles. The summed E-state index contributed by atoms with van der Waals surface area (Å²) in [5.74, 6) is 0.0909. The first-order chi connectivity index (χ1) is 9.70. The largest absolute Gasteiger partial charge is 0.395 e. The molecule has 1 fully saturated rings. The van der Waals surface area contributed by atoms with Crippen LogP contribution in [-0.2, 0) is 11.2 Å². The van der Waals surface area contributed by atoms with E-state index in [2.05, 4.69) is 0 Å². The number of hydrogen-bond acceptors (Lipinski definition) is 2. The first-order valence-electron chi connectivity index (χ1n) is 7.35. The van der Waals surface area contributed by atoms with Crippen molar-refractivity contribution in [3.05, 3.63) is 34.9 Å². The van der Waals surface area contributed by atoms with Crippen molar-refractivity contribution in [2.75, 3.05) is 13.2 Å². The molecule has 0 heterocycles. The summed E-state index contributed by atoms with van der Waals surface area (Å²) in [5.41, 5.74) is 0.932. The van der Waals surface area contributed by atoms with Gasteiger partial charge in [-0.25, -0.2) is 0 Å².